The van der Waals surface area contributed by atoms with Crippen LogP contribution in [0.4, 0.5) is 0 Å². The molecular weight excluding hydrogens is 279 g/mol. The summed E-state index contributed by atoms with van der Waals surface area (Å²) in [4.78, 5) is 3.97. The van der Waals surface area contributed by atoms with E-state index in [0.29, 0.717) is 26.3 Å². The number of benzene rings is 1. The van der Waals surface area contributed by atoms with Crippen molar-refractivity contribution >= 4 is 34.8 Å². The summed E-state index contributed by atoms with van der Waals surface area (Å²) in [6, 6.07) is 8.52. The van der Waals surface area contributed by atoms with Crippen LogP contribution in [0.25, 0.3) is 11.1 Å². The van der Waals surface area contributed by atoms with Crippen molar-refractivity contribution in [2.75, 3.05) is 0 Å². The summed E-state index contributed by atoms with van der Waals surface area (Å²) < 4.78 is 0. The van der Waals surface area contributed by atoms with E-state index in [1.165, 1.54) is 0 Å². The molecule has 5 heteroatoms. The Balaban J connectivity index is 2.57. The van der Waals surface area contributed by atoms with Crippen LogP contribution in [-0.2, 0) is 0 Å². The van der Waals surface area contributed by atoms with E-state index in [-0.39, 0.29) is 0 Å². The Morgan fingerprint density at radius 1 is 1.06 bits per heavy atom. The Morgan fingerprint density at radius 2 is 1.71 bits per heavy atom. The molecule has 1 aromatic carbocycles. The first-order valence-corrected chi connectivity index (χ1v) is 5.76. The summed E-state index contributed by atoms with van der Waals surface area (Å²) >= 11 is 18.0. The van der Waals surface area contributed by atoms with Crippen molar-refractivity contribution < 1.29 is 0 Å². The fourth-order valence-corrected chi connectivity index (χ4v) is 2.46. The molecule has 2 aromatic rings. The maximum atomic E-state index is 8.66. The fourth-order valence-electron chi connectivity index (χ4n) is 1.43. The van der Waals surface area contributed by atoms with Crippen LogP contribution in [0.2, 0.25) is 15.1 Å². The van der Waals surface area contributed by atoms with E-state index in [1.54, 1.807) is 30.5 Å². The Hall–Kier alpha value is -1.27. The van der Waals surface area contributed by atoms with Crippen LogP contribution in [0.1, 0.15) is 5.69 Å². The molecule has 17 heavy (non-hydrogen) atoms. The predicted octanol–water partition coefficient (Wildman–Crippen LogP) is 4.58. The first-order chi connectivity index (χ1) is 8.11. The first-order valence-electron chi connectivity index (χ1n) is 4.63. The van der Waals surface area contributed by atoms with Crippen LogP contribution < -0.4 is 0 Å². The highest BCUT2D eigenvalue weighted by Gasteiger charge is 2.10. The quantitative estimate of drug-likeness (QED) is 0.768. The molecule has 0 radical (unpaired) electrons. The largest absolute Gasteiger partial charge is 0.245 e. The minimum Gasteiger partial charge on any atom is -0.245 e. The normalized spacial score (nSPS) is 10.0. The third-order valence-electron chi connectivity index (χ3n) is 2.17. The van der Waals surface area contributed by atoms with Gasteiger partial charge in [0.15, 0.2) is 0 Å². The average molecular weight is 284 g/mol. The molecule has 0 aliphatic rings. The van der Waals surface area contributed by atoms with Crippen LogP contribution in [-0.4, -0.2) is 4.98 Å². The van der Waals surface area contributed by atoms with E-state index >= 15 is 0 Å². The van der Waals surface area contributed by atoms with Gasteiger partial charge in [-0.2, -0.15) is 5.26 Å². The van der Waals surface area contributed by atoms with E-state index in [2.05, 4.69) is 4.98 Å². The van der Waals surface area contributed by atoms with Crippen molar-refractivity contribution in [1.29, 1.82) is 5.26 Å². The molecule has 0 saturated heterocycles. The van der Waals surface area contributed by atoms with Crippen LogP contribution in [0, 0.1) is 11.3 Å². The van der Waals surface area contributed by atoms with Gasteiger partial charge in [0, 0.05) is 22.3 Å². The van der Waals surface area contributed by atoms with Gasteiger partial charge < -0.3 is 0 Å². The molecule has 0 spiro atoms. The Labute approximate surface area is 113 Å². The zero-order valence-electron chi connectivity index (χ0n) is 8.42. The molecule has 0 bridgehead atoms. The van der Waals surface area contributed by atoms with Crippen molar-refractivity contribution in [3.63, 3.8) is 0 Å². The minimum atomic E-state index is 0.343. The van der Waals surface area contributed by atoms with Crippen LogP contribution in [0.15, 0.2) is 30.5 Å². The zero-order valence-corrected chi connectivity index (χ0v) is 10.7. The van der Waals surface area contributed by atoms with E-state index in [9.17, 15) is 0 Å². The van der Waals surface area contributed by atoms with E-state index in [1.807, 2.05) is 6.07 Å². The van der Waals surface area contributed by atoms with Crippen LogP contribution in [0.5, 0.6) is 0 Å². The van der Waals surface area contributed by atoms with Gasteiger partial charge in [-0.1, -0.05) is 34.8 Å². The molecule has 2 rings (SSSR count). The molecular formula is C12H5Cl3N2. The average Bonchev–Trinajstić information content (AvgIpc) is 2.28. The molecule has 0 aliphatic heterocycles. The smallest absolute Gasteiger partial charge is 0.140 e. The monoisotopic (exact) mass is 282 g/mol. The number of hydrogen-bond acceptors (Lipinski definition) is 2. The topological polar surface area (TPSA) is 36.7 Å². The number of rotatable bonds is 1. The minimum absolute atomic E-state index is 0.343. The van der Waals surface area contributed by atoms with Crippen molar-refractivity contribution in [2.24, 2.45) is 0 Å². The van der Waals surface area contributed by atoms with Gasteiger partial charge in [0.1, 0.15) is 11.8 Å². The van der Waals surface area contributed by atoms with Gasteiger partial charge in [-0.15, -0.1) is 0 Å². The van der Waals surface area contributed by atoms with Gasteiger partial charge in [-0.05, 0) is 24.3 Å². The lowest BCUT2D eigenvalue weighted by molar-refractivity contribution is 1.26. The highest BCUT2D eigenvalue weighted by Crippen LogP contribution is 2.36. The van der Waals surface area contributed by atoms with Gasteiger partial charge >= 0.3 is 0 Å². The number of hydrogen-bond donors (Lipinski definition) is 0. The van der Waals surface area contributed by atoms with Gasteiger partial charge in [-0.25, -0.2) is 4.98 Å². The highest BCUT2D eigenvalue weighted by atomic mass is 35.5. The molecule has 1 heterocycles. The summed E-state index contributed by atoms with van der Waals surface area (Å²) in [5.41, 5.74) is 1.75. The van der Waals surface area contributed by atoms with Crippen molar-refractivity contribution in [1.82, 2.24) is 4.98 Å². The fraction of sp³-hybridized carbons (Fsp3) is 0. The number of aromatic nitrogens is 1. The van der Waals surface area contributed by atoms with E-state index in [4.69, 9.17) is 40.1 Å². The molecule has 84 valence electrons. The van der Waals surface area contributed by atoms with Crippen molar-refractivity contribution in [2.45, 2.75) is 0 Å². The van der Waals surface area contributed by atoms with Gasteiger partial charge in [-0.3, -0.25) is 0 Å². The van der Waals surface area contributed by atoms with Crippen molar-refractivity contribution in [3.8, 4) is 17.2 Å². The van der Waals surface area contributed by atoms with Gasteiger partial charge in [0.25, 0.3) is 0 Å². The molecule has 0 fully saturated rings. The lowest BCUT2D eigenvalue weighted by Gasteiger charge is -2.07. The molecule has 2 nitrogen and oxygen atoms in total. The van der Waals surface area contributed by atoms with Crippen LogP contribution in [0.3, 0.4) is 0 Å². The number of pyridine rings is 1. The highest BCUT2D eigenvalue weighted by molar-refractivity contribution is 6.41. The molecule has 0 aliphatic carbocycles. The lowest BCUT2D eigenvalue weighted by Crippen LogP contribution is -1.86. The second-order valence-electron chi connectivity index (χ2n) is 3.29. The summed E-state index contributed by atoms with van der Waals surface area (Å²) in [7, 11) is 0. The third-order valence-corrected chi connectivity index (χ3v) is 2.99. The summed E-state index contributed by atoms with van der Waals surface area (Å²) in [5.74, 6) is 0. The zero-order chi connectivity index (χ0) is 12.4. The Morgan fingerprint density at radius 3 is 2.18 bits per heavy atom. The summed E-state index contributed by atoms with van der Waals surface area (Å²) in [5, 5.41) is 10.0. The summed E-state index contributed by atoms with van der Waals surface area (Å²) in [6.45, 7) is 0. The standard InChI is InChI=1S/C12H5Cl3N2/c13-8-3-10(14)12(11(15)4-8)7-1-2-9(5-16)17-6-7/h1-4,6H. The maximum absolute atomic E-state index is 8.66. The second kappa shape index (κ2) is 4.93. The second-order valence-corrected chi connectivity index (χ2v) is 4.54. The maximum Gasteiger partial charge on any atom is 0.140 e. The Kier molecular flexibility index (Phi) is 3.54. The third kappa shape index (κ3) is 2.53. The molecule has 0 unspecified atom stereocenters. The first kappa shape index (κ1) is 12.2. The molecule has 0 atom stereocenters. The Bertz CT molecular complexity index is 577. The molecule has 1 aromatic heterocycles. The van der Waals surface area contributed by atoms with Crippen LogP contribution >= 0.6 is 34.8 Å². The van der Waals surface area contributed by atoms with E-state index in [0.717, 1.165) is 5.56 Å². The van der Waals surface area contributed by atoms with Gasteiger partial charge in [0.05, 0.1) is 10.0 Å². The molecule has 0 saturated carbocycles. The number of nitriles is 1. The van der Waals surface area contributed by atoms with Gasteiger partial charge in [0.2, 0.25) is 0 Å². The lowest BCUT2D eigenvalue weighted by atomic mass is 10.1. The summed E-state index contributed by atoms with van der Waals surface area (Å²) in [6.07, 6.45) is 1.56. The number of nitrogens with zero attached hydrogens (tertiary/aromatic N) is 2. The molecule has 0 N–H and O–H groups in total. The molecule has 0 amide bonds. The number of halogens is 3. The van der Waals surface area contributed by atoms with Crippen molar-refractivity contribution in [3.05, 3.63) is 51.2 Å². The van der Waals surface area contributed by atoms with E-state index < -0.39 is 0 Å². The predicted molar refractivity (Wildman–Crippen MR) is 69.4 cm³/mol. The SMILES string of the molecule is N#Cc1ccc(-c2c(Cl)cc(Cl)cc2Cl)cn1.